The molecule has 1 atom stereocenters. The molecule has 1 N–H and O–H groups in total. The van der Waals surface area contributed by atoms with Crippen LogP contribution in [-0.4, -0.2) is 31.6 Å². The van der Waals surface area contributed by atoms with E-state index in [0.29, 0.717) is 0 Å². The Balaban J connectivity index is 1.88. The van der Waals surface area contributed by atoms with E-state index >= 15 is 0 Å². The molecule has 0 radical (unpaired) electrons. The maximum Gasteiger partial charge on any atom is 0.123 e. The van der Waals surface area contributed by atoms with Gasteiger partial charge in [0, 0.05) is 12.1 Å². The molecule has 1 aromatic rings. The molecule has 0 aromatic heterocycles. The molecule has 1 aliphatic carbocycles. The summed E-state index contributed by atoms with van der Waals surface area (Å²) < 4.78 is 13.2. The fourth-order valence-electron chi connectivity index (χ4n) is 2.54. The summed E-state index contributed by atoms with van der Waals surface area (Å²) in [5.74, 6) is -0.153. The second-order valence-corrected chi connectivity index (χ2v) is 5.25. The predicted octanol–water partition coefficient (Wildman–Crippen LogP) is 2.96. The maximum absolute atomic E-state index is 13.2. The van der Waals surface area contributed by atoms with Crippen LogP contribution in [-0.2, 0) is 0 Å². The first kappa shape index (κ1) is 13.5. The van der Waals surface area contributed by atoms with Crippen molar-refractivity contribution in [2.75, 3.05) is 20.6 Å². The molecule has 1 saturated carbocycles. The summed E-state index contributed by atoms with van der Waals surface area (Å²) in [7, 11) is 4.14. The lowest BCUT2D eigenvalue weighted by molar-refractivity contribution is 0.153. The summed E-state index contributed by atoms with van der Waals surface area (Å²) in [5, 5.41) is 3.28. The van der Waals surface area contributed by atoms with Crippen molar-refractivity contribution in [3.8, 4) is 0 Å². The quantitative estimate of drug-likeness (QED) is 0.835. The van der Waals surface area contributed by atoms with Gasteiger partial charge < -0.3 is 10.2 Å². The number of hydrogen-bond donors (Lipinski definition) is 1. The molecule has 100 valence electrons. The molecule has 0 bridgehead atoms. The van der Waals surface area contributed by atoms with E-state index in [1.54, 1.807) is 12.1 Å². The number of hydrogen-bond acceptors (Lipinski definition) is 2. The second kappa shape index (κ2) is 6.30. The van der Waals surface area contributed by atoms with E-state index in [1.165, 1.54) is 25.3 Å². The van der Waals surface area contributed by atoms with Crippen molar-refractivity contribution in [2.45, 2.75) is 37.8 Å². The minimum absolute atomic E-state index is 0.153. The lowest BCUT2D eigenvalue weighted by Crippen LogP contribution is -2.38. The highest BCUT2D eigenvalue weighted by Gasteiger charge is 2.22. The largest absolute Gasteiger partial charge is 0.313 e. The zero-order valence-electron chi connectivity index (χ0n) is 11.3. The summed E-state index contributed by atoms with van der Waals surface area (Å²) in [6.07, 6.45) is 5.06. The van der Waals surface area contributed by atoms with Crippen LogP contribution in [0.2, 0.25) is 0 Å². The average Bonchev–Trinajstić information content (AvgIpc) is 2.27. The lowest BCUT2D eigenvalue weighted by Gasteiger charge is -2.35. The van der Waals surface area contributed by atoms with E-state index in [9.17, 15) is 4.39 Å². The standard InChI is InChI=1S/C15H23FN2/c1-17-15(12-5-3-6-13(16)11-12)9-10-18(2)14-7-4-8-14/h3,5-6,11,14-15,17H,4,7-10H2,1-2H3. The van der Waals surface area contributed by atoms with Crippen LogP contribution in [0.15, 0.2) is 24.3 Å². The van der Waals surface area contributed by atoms with Crippen molar-refractivity contribution in [1.29, 1.82) is 0 Å². The van der Waals surface area contributed by atoms with Gasteiger partial charge in [0.15, 0.2) is 0 Å². The highest BCUT2D eigenvalue weighted by atomic mass is 19.1. The van der Waals surface area contributed by atoms with Gasteiger partial charge in [0.05, 0.1) is 0 Å². The first-order chi connectivity index (χ1) is 8.70. The molecule has 1 aliphatic rings. The number of rotatable bonds is 6. The molecule has 2 rings (SSSR count). The SMILES string of the molecule is CNC(CCN(C)C1CCC1)c1cccc(F)c1. The van der Waals surface area contributed by atoms with E-state index in [2.05, 4.69) is 17.3 Å². The second-order valence-electron chi connectivity index (χ2n) is 5.25. The van der Waals surface area contributed by atoms with Crippen LogP contribution in [0.1, 0.15) is 37.3 Å². The van der Waals surface area contributed by atoms with Crippen LogP contribution in [0.4, 0.5) is 4.39 Å². The zero-order chi connectivity index (χ0) is 13.0. The molecular formula is C15H23FN2. The summed E-state index contributed by atoms with van der Waals surface area (Å²) in [6.45, 7) is 1.06. The highest BCUT2D eigenvalue weighted by molar-refractivity contribution is 5.20. The van der Waals surface area contributed by atoms with Crippen LogP contribution in [0, 0.1) is 5.82 Å². The van der Waals surface area contributed by atoms with E-state index in [4.69, 9.17) is 0 Å². The topological polar surface area (TPSA) is 15.3 Å². The molecule has 0 heterocycles. The van der Waals surface area contributed by atoms with Crippen LogP contribution in [0.3, 0.4) is 0 Å². The number of halogens is 1. The van der Waals surface area contributed by atoms with Gasteiger partial charge in [-0.15, -0.1) is 0 Å². The lowest BCUT2D eigenvalue weighted by atomic mass is 9.91. The third-order valence-corrected chi connectivity index (χ3v) is 4.07. The van der Waals surface area contributed by atoms with Crippen molar-refractivity contribution in [3.05, 3.63) is 35.6 Å². The van der Waals surface area contributed by atoms with Gasteiger partial charge in [-0.05, 0) is 57.6 Å². The summed E-state index contributed by atoms with van der Waals surface area (Å²) in [6, 6.07) is 7.91. The van der Waals surface area contributed by atoms with Gasteiger partial charge in [0.1, 0.15) is 5.82 Å². The van der Waals surface area contributed by atoms with Crippen molar-refractivity contribution in [3.63, 3.8) is 0 Å². The van der Waals surface area contributed by atoms with Crippen LogP contribution in [0.25, 0.3) is 0 Å². The van der Waals surface area contributed by atoms with Gasteiger partial charge >= 0.3 is 0 Å². The monoisotopic (exact) mass is 250 g/mol. The van der Waals surface area contributed by atoms with Crippen molar-refractivity contribution in [2.24, 2.45) is 0 Å². The Labute approximate surface area is 109 Å². The normalized spacial score (nSPS) is 17.8. The Kier molecular flexibility index (Phi) is 4.72. The molecule has 1 aromatic carbocycles. The molecule has 18 heavy (non-hydrogen) atoms. The molecule has 0 saturated heterocycles. The van der Waals surface area contributed by atoms with Gasteiger partial charge in [-0.1, -0.05) is 18.6 Å². The van der Waals surface area contributed by atoms with Gasteiger partial charge in [-0.3, -0.25) is 0 Å². The third-order valence-electron chi connectivity index (χ3n) is 4.07. The van der Waals surface area contributed by atoms with Gasteiger partial charge in [-0.2, -0.15) is 0 Å². The molecule has 1 unspecified atom stereocenters. The highest BCUT2D eigenvalue weighted by Crippen LogP contribution is 2.25. The van der Waals surface area contributed by atoms with Crippen molar-refractivity contribution >= 4 is 0 Å². The molecule has 0 aliphatic heterocycles. The Hall–Kier alpha value is -0.930. The predicted molar refractivity (Wildman–Crippen MR) is 73.1 cm³/mol. The molecule has 0 spiro atoms. The van der Waals surface area contributed by atoms with Gasteiger partial charge in [0.2, 0.25) is 0 Å². The first-order valence-electron chi connectivity index (χ1n) is 6.83. The minimum atomic E-state index is -0.153. The molecule has 2 nitrogen and oxygen atoms in total. The zero-order valence-corrected chi connectivity index (χ0v) is 11.3. The Bertz CT molecular complexity index is 377. The fraction of sp³-hybridized carbons (Fsp3) is 0.600. The first-order valence-corrected chi connectivity index (χ1v) is 6.83. The third kappa shape index (κ3) is 3.30. The van der Waals surface area contributed by atoms with Gasteiger partial charge in [-0.25, -0.2) is 4.39 Å². The van der Waals surface area contributed by atoms with Gasteiger partial charge in [0.25, 0.3) is 0 Å². The van der Waals surface area contributed by atoms with Crippen LogP contribution < -0.4 is 5.32 Å². The number of nitrogens with one attached hydrogen (secondary N) is 1. The summed E-state index contributed by atoms with van der Waals surface area (Å²) >= 11 is 0. The number of nitrogens with zero attached hydrogens (tertiary/aromatic N) is 1. The molecule has 3 heteroatoms. The van der Waals surface area contributed by atoms with Crippen molar-refractivity contribution < 1.29 is 4.39 Å². The Morgan fingerprint density at radius 2 is 2.22 bits per heavy atom. The van der Waals surface area contributed by atoms with E-state index in [0.717, 1.165) is 24.6 Å². The molecule has 1 fully saturated rings. The summed E-state index contributed by atoms with van der Waals surface area (Å²) in [5.41, 5.74) is 1.04. The van der Waals surface area contributed by atoms with Crippen molar-refractivity contribution in [1.82, 2.24) is 10.2 Å². The number of benzene rings is 1. The Morgan fingerprint density at radius 3 is 2.78 bits per heavy atom. The molecule has 0 amide bonds. The smallest absolute Gasteiger partial charge is 0.123 e. The summed E-state index contributed by atoms with van der Waals surface area (Å²) in [4.78, 5) is 2.44. The van der Waals surface area contributed by atoms with E-state index in [1.807, 2.05) is 13.1 Å². The fourth-order valence-corrected chi connectivity index (χ4v) is 2.54. The van der Waals surface area contributed by atoms with E-state index < -0.39 is 0 Å². The molecular weight excluding hydrogens is 227 g/mol. The average molecular weight is 250 g/mol. The van der Waals surface area contributed by atoms with E-state index in [-0.39, 0.29) is 11.9 Å². The van der Waals surface area contributed by atoms with Crippen LogP contribution >= 0.6 is 0 Å². The minimum Gasteiger partial charge on any atom is -0.313 e. The van der Waals surface area contributed by atoms with Crippen LogP contribution in [0.5, 0.6) is 0 Å². The Morgan fingerprint density at radius 1 is 1.44 bits per heavy atom. The maximum atomic E-state index is 13.2.